The van der Waals surface area contributed by atoms with E-state index in [2.05, 4.69) is 47.4 Å². The molecule has 2 nitrogen and oxygen atoms in total. The van der Waals surface area contributed by atoms with Crippen LogP contribution in [0.1, 0.15) is 11.1 Å². The SMILES string of the molecule is N#C/C(=C/c1ccccc1)c1ccc(N(c2ccccc2)c2ccccc2)cc1. The van der Waals surface area contributed by atoms with Gasteiger partial charge in [0.1, 0.15) is 0 Å². The third kappa shape index (κ3) is 4.26. The van der Waals surface area contributed by atoms with E-state index in [4.69, 9.17) is 0 Å². The van der Waals surface area contributed by atoms with Crippen LogP contribution in [0, 0.1) is 11.3 Å². The maximum Gasteiger partial charge on any atom is 0.0998 e. The summed E-state index contributed by atoms with van der Waals surface area (Å²) < 4.78 is 0. The Morgan fingerprint density at radius 2 is 1.03 bits per heavy atom. The highest BCUT2D eigenvalue weighted by molar-refractivity contribution is 5.90. The van der Waals surface area contributed by atoms with Crippen molar-refractivity contribution < 1.29 is 0 Å². The van der Waals surface area contributed by atoms with Gasteiger partial charge in [-0.3, -0.25) is 0 Å². The van der Waals surface area contributed by atoms with Crippen LogP contribution in [0.5, 0.6) is 0 Å². The van der Waals surface area contributed by atoms with Gasteiger partial charge in [0.05, 0.1) is 11.6 Å². The van der Waals surface area contributed by atoms with Gasteiger partial charge < -0.3 is 4.90 Å². The number of nitrogens with zero attached hydrogens (tertiary/aromatic N) is 2. The van der Waals surface area contributed by atoms with Crippen molar-refractivity contribution in [3.63, 3.8) is 0 Å². The number of allylic oxidation sites excluding steroid dienone is 1. The number of nitriles is 1. The Morgan fingerprint density at radius 3 is 1.52 bits per heavy atom. The molecule has 0 N–H and O–H groups in total. The zero-order chi connectivity index (χ0) is 19.9. The van der Waals surface area contributed by atoms with Gasteiger partial charge in [0.25, 0.3) is 0 Å². The molecule has 0 spiro atoms. The lowest BCUT2D eigenvalue weighted by Gasteiger charge is -2.25. The Hall–Kier alpha value is -4.09. The minimum atomic E-state index is 0.647. The number of hydrogen-bond acceptors (Lipinski definition) is 2. The van der Waals surface area contributed by atoms with E-state index in [0.717, 1.165) is 28.2 Å². The second-order valence-corrected chi connectivity index (χ2v) is 6.63. The first-order valence-electron chi connectivity index (χ1n) is 9.53. The second-order valence-electron chi connectivity index (χ2n) is 6.63. The highest BCUT2D eigenvalue weighted by atomic mass is 15.1. The molecule has 4 rings (SSSR count). The monoisotopic (exact) mass is 372 g/mol. The van der Waals surface area contributed by atoms with E-state index >= 15 is 0 Å². The van der Waals surface area contributed by atoms with Crippen molar-refractivity contribution >= 4 is 28.7 Å². The van der Waals surface area contributed by atoms with Gasteiger partial charge in [0, 0.05) is 17.1 Å². The van der Waals surface area contributed by atoms with Crippen molar-refractivity contribution in [1.82, 2.24) is 0 Å². The van der Waals surface area contributed by atoms with Crippen molar-refractivity contribution in [2.24, 2.45) is 0 Å². The lowest BCUT2D eigenvalue weighted by Crippen LogP contribution is -2.09. The summed E-state index contributed by atoms with van der Waals surface area (Å²) in [5.74, 6) is 0. The first-order chi connectivity index (χ1) is 14.3. The molecule has 0 aliphatic rings. The van der Waals surface area contributed by atoms with E-state index in [9.17, 15) is 5.26 Å². The molecule has 0 amide bonds. The van der Waals surface area contributed by atoms with Crippen LogP contribution in [0.25, 0.3) is 11.6 Å². The fraction of sp³-hybridized carbons (Fsp3) is 0. The molecular formula is C27H20N2. The largest absolute Gasteiger partial charge is 0.311 e. The molecular weight excluding hydrogens is 352 g/mol. The molecule has 0 aliphatic carbocycles. The molecule has 0 unspecified atom stereocenters. The first kappa shape index (κ1) is 18.3. The highest BCUT2D eigenvalue weighted by Crippen LogP contribution is 2.34. The molecule has 0 heterocycles. The lowest BCUT2D eigenvalue weighted by atomic mass is 10.0. The van der Waals surface area contributed by atoms with Crippen molar-refractivity contribution in [3.8, 4) is 6.07 Å². The van der Waals surface area contributed by atoms with E-state index in [1.54, 1.807) is 0 Å². The minimum absolute atomic E-state index is 0.647. The third-order valence-corrected chi connectivity index (χ3v) is 4.70. The van der Waals surface area contributed by atoms with Gasteiger partial charge in [-0.25, -0.2) is 0 Å². The van der Waals surface area contributed by atoms with Gasteiger partial charge in [0.15, 0.2) is 0 Å². The summed E-state index contributed by atoms with van der Waals surface area (Å²) in [7, 11) is 0. The van der Waals surface area contributed by atoms with Gasteiger partial charge in [-0.1, -0.05) is 78.9 Å². The Balaban J connectivity index is 1.71. The molecule has 2 heteroatoms. The summed E-state index contributed by atoms with van der Waals surface area (Å²) in [4.78, 5) is 2.21. The molecule has 0 radical (unpaired) electrons. The van der Waals surface area contributed by atoms with Crippen LogP contribution in [0.2, 0.25) is 0 Å². The fourth-order valence-corrected chi connectivity index (χ4v) is 3.29. The number of para-hydroxylation sites is 2. The molecule has 0 fully saturated rings. The molecule has 4 aromatic carbocycles. The van der Waals surface area contributed by atoms with Crippen LogP contribution in [-0.2, 0) is 0 Å². The third-order valence-electron chi connectivity index (χ3n) is 4.70. The molecule has 0 saturated carbocycles. The number of anilines is 3. The summed E-state index contributed by atoms with van der Waals surface area (Å²) in [6.45, 7) is 0. The first-order valence-corrected chi connectivity index (χ1v) is 9.53. The molecule has 4 aromatic rings. The lowest BCUT2D eigenvalue weighted by molar-refractivity contribution is 1.28. The van der Waals surface area contributed by atoms with Gasteiger partial charge in [-0.15, -0.1) is 0 Å². The zero-order valence-corrected chi connectivity index (χ0v) is 15.9. The van der Waals surface area contributed by atoms with E-state index in [1.807, 2.05) is 84.9 Å². The molecule has 138 valence electrons. The quantitative estimate of drug-likeness (QED) is 0.273. The maximum absolute atomic E-state index is 9.65. The van der Waals surface area contributed by atoms with Crippen LogP contribution in [0.4, 0.5) is 17.1 Å². The Bertz CT molecular complexity index is 1080. The number of rotatable bonds is 5. The van der Waals surface area contributed by atoms with E-state index in [0.29, 0.717) is 5.57 Å². The summed E-state index contributed by atoms with van der Waals surface area (Å²) in [6, 6.07) is 40.9. The standard InChI is InChI=1S/C27H20N2/c28-21-24(20-22-10-4-1-5-11-22)23-16-18-27(19-17-23)29(25-12-6-2-7-13-25)26-14-8-3-9-15-26/h1-20H/b24-20-. The molecule has 0 atom stereocenters. The van der Waals surface area contributed by atoms with E-state index in [1.165, 1.54) is 0 Å². The average Bonchev–Trinajstić information content (AvgIpc) is 2.80. The van der Waals surface area contributed by atoms with E-state index in [-0.39, 0.29) is 0 Å². The predicted molar refractivity (Wildman–Crippen MR) is 121 cm³/mol. The highest BCUT2D eigenvalue weighted by Gasteiger charge is 2.12. The predicted octanol–water partition coefficient (Wildman–Crippen LogP) is 7.22. The van der Waals surface area contributed by atoms with Crippen LogP contribution in [0.3, 0.4) is 0 Å². The van der Waals surface area contributed by atoms with Crippen LogP contribution in [0.15, 0.2) is 115 Å². The molecule has 0 aromatic heterocycles. The van der Waals surface area contributed by atoms with Gasteiger partial charge in [0.2, 0.25) is 0 Å². The molecule has 29 heavy (non-hydrogen) atoms. The van der Waals surface area contributed by atoms with Crippen molar-refractivity contribution in [2.75, 3.05) is 4.90 Å². The summed E-state index contributed by atoms with van der Waals surface area (Å²) in [5.41, 5.74) is 5.79. The summed E-state index contributed by atoms with van der Waals surface area (Å²) >= 11 is 0. The summed E-state index contributed by atoms with van der Waals surface area (Å²) in [6.07, 6.45) is 1.92. The van der Waals surface area contributed by atoms with Gasteiger partial charge in [-0.2, -0.15) is 5.26 Å². The fourth-order valence-electron chi connectivity index (χ4n) is 3.29. The smallest absolute Gasteiger partial charge is 0.0998 e. The number of benzene rings is 4. The molecule has 0 aliphatic heterocycles. The van der Waals surface area contributed by atoms with Crippen LogP contribution < -0.4 is 4.90 Å². The topological polar surface area (TPSA) is 27.0 Å². The zero-order valence-electron chi connectivity index (χ0n) is 15.9. The van der Waals surface area contributed by atoms with Gasteiger partial charge >= 0.3 is 0 Å². The normalized spacial score (nSPS) is 10.9. The van der Waals surface area contributed by atoms with E-state index < -0.39 is 0 Å². The Morgan fingerprint density at radius 1 is 0.586 bits per heavy atom. The summed E-state index contributed by atoms with van der Waals surface area (Å²) in [5, 5.41) is 9.65. The molecule has 0 bridgehead atoms. The van der Waals surface area contributed by atoms with Crippen LogP contribution in [-0.4, -0.2) is 0 Å². The Kier molecular flexibility index (Phi) is 5.50. The van der Waals surface area contributed by atoms with Crippen LogP contribution >= 0.6 is 0 Å². The molecule has 0 saturated heterocycles. The van der Waals surface area contributed by atoms with Crippen molar-refractivity contribution in [3.05, 3.63) is 126 Å². The van der Waals surface area contributed by atoms with Crippen molar-refractivity contribution in [1.29, 1.82) is 5.26 Å². The second kappa shape index (κ2) is 8.73. The minimum Gasteiger partial charge on any atom is -0.311 e. The average molecular weight is 372 g/mol. The number of hydrogen-bond donors (Lipinski definition) is 0. The van der Waals surface area contributed by atoms with Crippen molar-refractivity contribution in [2.45, 2.75) is 0 Å². The van der Waals surface area contributed by atoms with Gasteiger partial charge in [-0.05, 0) is 53.6 Å². The Labute approximate surface area is 171 Å². The maximum atomic E-state index is 9.65.